The van der Waals surface area contributed by atoms with Gasteiger partial charge in [-0.15, -0.1) is 0 Å². The van der Waals surface area contributed by atoms with Gasteiger partial charge in [-0.2, -0.15) is 0 Å². The second kappa shape index (κ2) is 5.57. The summed E-state index contributed by atoms with van der Waals surface area (Å²) in [6.45, 7) is 6.15. The minimum Gasteiger partial charge on any atom is -0.382 e. The van der Waals surface area contributed by atoms with Crippen LogP contribution in [0, 0.1) is 23.0 Å². The summed E-state index contributed by atoms with van der Waals surface area (Å²) in [4.78, 5) is 12.9. The summed E-state index contributed by atoms with van der Waals surface area (Å²) in [5.74, 6) is 0.539. The number of piperidine rings is 1. The smallest absolute Gasteiger partial charge is 0.274 e. The van der Waals surface area contributed by atoms with E-state index in [1.54, 1.807) is 19.1 Å². The zero-order valence-electron chi connectivity index (χ0n) is 11.7. The molecule has 5 nitrogen and oxygen atoms in total. The number of benzene rings is 1. The molecule has 1 aromatic rings. The Balaban J connectivity index is 2.15. The molecule has 2 atom stereocenters. The molecule has 0 radical (unpaired) electrons. The van der Waals surface area contributed by atoms with Crippen LogP contribution in [-0.2, 0) is 0 Å². The normalized spacial score (nSPS) is 24.2. The Morgan fingerprint density at radius 2 is 2.21 bits per heavy atom. The fourth-order valence-electron chi connectivity index (χ4n) is 2.75. The number of nitrogens with one attached hydrogen (secondary N) is 1. The third-order valence-corrected chi connectivity index (χ3v) is 3.95. The Kier molecular flexibility index (Phi) is 4.04. The zero-order valence-corrected chi connectivity index (χ0v) is 11.7. The van der Waals surface area contributed by atoms with Gasteiger partial charge in [-0.3, -0.25) is 10.1 Å². The molecule has 1 aromatic carbocycles. The average molecular weight is 263 g/mol. The molecule has 1 fully saturated rings. The van der Waals surface area contributed by atoms with Crippen LogP contribution in [0.4, 0.5) is 11.4 Å². The van der Waals surface area contributed by atoms with Crippen molar-refractivity contribution in [3.63, 3.8) is 0 Å². The van der Waals surface area contributed by atoms with E-state index in [2.05, 4.69) is 24.2 Å². The lowest BCUT2D eigenvalue weighted by molar-refractivity contribution is -0.385. The van der Waals surface area contributed by atoms with Crippen LogP contribution < -0.4 is 5.32 Å². The standard InChI is InChI=1S/C14H21N3O2/c1-10-9-16(3)8-7-12(10)15-13-5-4-6-14(11(13)2)17(18)19/h4-6,10,12,15H,7-9H2,1-3H3. The molecule has 19 heavy (non-hydrogen) atoms. The van der Waals surface area contributed by atoms with Gasteiger partial charge in [0.2, 0.25) is 0 Å². The van der Waals surface area contributed by atoms with E-state index in [1.807, 2.05) is 6.07 Å². The number of hydrogen-bond donors (Lipinski definition) is 1. The van der Waals surface area contributed by atoms with Gasteiger partial charge in [-0.05, 0) is 38.9 Å². The molecular formula is C14H21N3O2. The van der Waals surface area contributed by atoms with Crippen LogP contribution in [0.1, 0.15) is 18.9 Å². The van der Waals surface area contributed by atoms with E-state index >= 15 is 0 Å². The number of nitro benzene ring substituents is 1. The molecule has 1 aliphatic heterocycles. The maximum absolute atomic E-state index is 10.9. The van der Waals surface area contributed by atoms with Crippen molar-refractivity contribution in [2.24, 2.45) is 5.92 Å². The number of nitrogens with zero attached hydrogens (tertiary/aromatic N) is 2. The van der Waals surface area contributed by atoms with Gasteiger partial charge < -0.3 is 10.2 Å². The molecule has 5 heteroatoms. The van der Waals surface area contributed by atoms with Crippen LogP contribution in [0.25, 0.3) is 0 Å². The first-order valence-electron chi connectivity index (χ1n) is 6.68. The first-order valence-corrected chi connectivity index (χ1v) is 6.68. The maximum Gasteiger partial charge on any atom is 0.274 e. The van der Waals surface area contributed by atoms with E-state index in [0.717, 1.165) is 30.8 Å². The molecule has 1 heterocycles. The molecule has 0 aliphatic carbocycles. The highest BCUT2D eigenvalue weighted by atomic mass is 16.6. The highest BCUT2D eigenvalue weighted by Gasteiger charge is 2.25. The van der Waals surface area contributed by atoms with Crippen molar-refractivity contribution in [3.05, 3.63) is 33.9 Å². The van der Waals surface area contributed by atoms with Crippen molar-refractivity contribution in [2.75, 3.05) is 25.5 Å². The van der Waals surface area contributed by atoms with Crippen molar-refractivity contribution in [1.82, 2.24) is 4.90 Å². The van der Waals surface area contributed by atoms with Crippen LogP contribution in [0.5, 0.6) is 0 Å². The average Bonchev–Trinajstić information content (AvgIpc) is 2.34. The van der Waals surface area contributed by atoms with Crippen molar-refractivity contribution < 1.29 is 4.92 Å². The highest BCUT2D eigenvalue weighted by Crippen LogP contribution is 2.28. The molecule has 0 spiro atoms. The van der Waals surface area contributed by atoms with Crippen LogP contribution in [0.2, 0.25) is 0 Å². The molecule has 0 amide bonds. The lowest BCUT2D eigenvalue weighted by Crippen LogP contribution is -2.43. The van der Waals surface area contributed by atoms with Gasteiger partial charge in [0.05, 0.1) is 4.92 Å². The van der Waals surface area contributed by atoms with Crippen molar-refractivity contribution >= 4 is 11.4 Å². The van der Waals surface area contributed by atoms with Gasteiger partial charge in [0.1, 0.15) is 0 Å². The fourth-order valence-corrected chi connectivity index (χ4v) is 2.75. The predicted octanol–water partition coefficient (Wildman–Crippen LogP) is 2.66. The van der Waals surface area contributed by atoms with E-state index in [4.69, 9.17) is 0 Å². The Morgan fingerprint density at radius 3 is 2.84 bits per heavy atom. The summed E-state index contributed by atoms with van der Waals surface area (Å²) in [5.41, 5.74) is 1.79. The molecule has 2 unspecified atom stereocenters. The molecule has 1 N–H and O–H groups in total. The zero-order chi connectivity index (χ0) is 14.0. The quantitative estimate of drug-likeness (QED) is 0.673. The number of hydrogen-bond acceptors (Lipinski definition) is 4. The second-order valence-corrected chi connectivity index (χ2v) is 5.49. The molecule has 0 saturated carbocycles. The van der Waals surface area contributed by atoms with Gasteiger partial charge in [0.25, 0.3) is 5.69 Å². The van der Waals surface area contributed by atoms with Crippen LogP contribution >= 0.6 is 0 Å². The fraction of sp³-hybridized carbons (Fsp3) is 0.571. The topological polar surface area (TPSA) is 58.4 Å². The molecule has 1 aliphatic rings. The predicted molar refractivity (Wildman–Crippen MR) is 76.5 cm³/mol. The number of likely N-dealkylation sites (tertiary alicyclic amines) is 1. The monoisotopic (exact) mass is 263 g/mol. The van der Waals surface area contributed by atoms with Crippen LogP contribution in [-0.4, -0.2) is 36.0 Å². The van der Waals surface area contributed by atoms with Crippen LogP contribution in [0.3, 0.4) is 0 Å². The number of rotatable bonds is 3. The third-order valence-electron chi connectivity index (χ3n) is 3.95. The summed E-state index contributed by atoms with van der Waals surface area (Å²) in [6.07, 6.45) is 1.07. The molecule has 1 saturated heterocycles. The van der Waals surface area contributed by atoms with Gasteiger partial charge in [0.15, 0.2) is 0 Å². The van der Waals surface area contributed by atoms with Crippen molar-refractivity contribution in [2.45, 2.75) is 26.3 Å². The van der Waals surface area contributed by atoms with Crippen LogP contribution in [0.15, 0.2) is 18.2 Å². The lowest BCUT2D eigenvalue weighted by atomic mass is 9.93. The maximum atomic E-state index is 10.9. The minimum absolute atomic E-state index is 0.186. The Labute approximate surface area is 113 Å². The highest BCUT2D eigenvalue weighted by molar-refractivity contribution is 5.60. The first kappa shape index (κ1) is 13.8. The first-order chi connectivity index (χ1) is 8.99. The molecule has 2 rings (SSSR count). The van der Waals surface area contributed by atoms with Gasteiger partial charge >= 0.3 is 0 Å². The summed E-state index contributed by atoms with van der Waals surface area (Å²) in [6, 6.07) is 5.61. The minimum atomic E-state index is -0.321. The van der Waals surface area contributed by atoms with E-state index < -0.39 is 0 Å². The molecule has 0 bridgehead atoms. The number of nitro groups is 1. The van der Waals surface area contributed by atoms with Crippen molar-refractivity contribution in [1.29, 1.82) is 0 Å². The molecule has 0 aromatic heterocycles. The van der Waals surface area contributed by atoms with Crippen molar-refractivity contribution in [3.8, 4) is 0 Å². The van der Waals surface area contributed by atoms with E-state index in [1.165, 1.54) is 0 Å². The largest absolute Gasteiger partial charge is 0.382 e. The van der Waals surface area contributed by atoms with Gasteiger partial charge in [0, 0.05) is 29.9 Å². The summed E-state index contributed by atoms with van der Waals surface area (Å²) < 4.78 is 0. The molecular weight excluding hydrogens is 242 g/mol. The third kappa shape index (κ3) is 3.04. The summed E-state index contributed by atoms with van der Waals surface area (Å²) in [7, 11) is 2.13. The van der Waals surface area contributed by atoms with E-state index in [-0.39, 0.29) is 10.6 Å². The Morgan fingerprint density at radius 1 is 1.47 bits per heavy atom. The Hall–Kier alpha value is -1.62. The van der Waals surface area contributed by atoms with E-state index in [9.17, 15) is 10.1 Å². The SMILES string of the molecule is Cc1c(NC2CCN(C)CC2C)cccc1[N+](=O)[O-]. The Bertz CT molecular complexity index is 476. The number of anilines is 1. The lowest BCUT2D eigenvalue weighted by Gasteiger charge is -2.36. The molecule has 104 valence electrons. The second-order valence-electron chi connectivity index (χ2n) is 5.49. The van der Waals surface area contributed by atoms with Gasteiger partial charge in [-0.1, -0.05) is 13.0 Å². The summed E-state index contributed by atoms with van der Waals surface area (Å²) in [5, 5.41) is 14.4. The summed E-state index contributed by atoms with van der Waals surface area (Å²) >= 11 is 0. The van der Waals surface area contributed by atoms with Gasteiger partial charge in [-0.25, -0.2) is 0 Å². The van der Waals surface area contributed by atoms with E-state index in [0.29, 0.717) is 12.0 Å².